The average Bonchev–Trinajstić information content (AvgIpc) is 3.10. The highest BCUT2D eigenvalue weighted by Gasteiger charge is 2.37. The molecule has 8 nitrogen and oxygen atoms in total. The number of piperidine rings is 1. The minimum Gasteiger partial charge on any atom is -0.497 e. The van der Waals surface area contributed by atoms with Gasteiger partial charge in [0, 0.05) is 18.2 Å². The second-order valence-electron chi connectivity index (χ2n) is 6.88. The van der Waals surface area contributed by atoms with E-state index < -0.39 is 5.91 Å². The SMILES string of the molecule is COc1ccc(-n2nc(C(N)=O)c3c2C(=O)N(C2CCNCC2)CC3)cc1. The number of methoxy groups -OCH3 is 1. The summed E-state index contributed by atoms with van der Waals surface area (Å²) in [7, 11) is 1.59. The predicted octanol–water partition coefficient (Wildman–Crippen LogP) is 0.730. The smallest absolute Gasteiger partial charge is 0.273 e. The van der Waals surface area contributed by atoms with Crippen LogP contribution in [0.2, 0.25) is 0 Å². The van der Waals surface area contributed by atoms with Gasteiger partial charge in [-0.15, -0.1) is 0 Å². The summed E-state index contributed by atoms with van der Waals surface area (Å²) < 4.78 is 6.74. The van der Waals surface area contributed by atoms with Gasteiger partial charge in [0.05, 0.1) is 12.8 Å². The summed E-state index contributed by atoms with van der Waals surface area (Å²) in [6, 6.07) is 7.43. The van der Waals surface area contributed by atoms with Crippen LogP contribution >= 0.6 is 0 Å². The largest absolute Gasteiger partial charge is 0.497 e. The second-order valence-corrected chi connectivity index (χ2v) is 6.88. The Kier molecular flexibility index (Phi) is 4.57. The van der Waals surface area contributed by atoms with Gasteiger partial charge in [-0.05, 0) is 56.6 Å². The first-order chi connectivity index (χ1) is 13.1. The Balaban J connectivity index is 1.77. The van der Waals surface area contributed by atoms with Crippen LogP contribution in [0.5, 0.6) is 5.75 Å². The van der Waals surface area contributed by atoms with E-state index in [4.69, 9.17) is 10.5 Å². The zero-order chi connectivity index (χ0) is 19.0. The Morgan fingerprint density at radius 2 is 1.96 bits per heavy atom. The molecule has 2 aliphatic heterocycles. The lowest BCUT2D eigenvalue weighted by molar-refractivity contribution is 0.0614. The normalized spacial score (nSPS) is 17.7. The molecule has 0 bridgehead atoms. The highest BCUT2D eigenvalue weighted by molar-refractivity contribution is 6.01. The molecule has 2 aliphatic rings. The molecule has 2 aromatic rings. The van der Waals surface area contributed by atoms with Gasteiger partial charge < -0.3 is 20.7 Å². The molecular formula is C19H23N5O3. The molecule has 1 saturated heterocycles. The third-order valence-corrected chi connectivity index (χ3v) is 5.35. The molecule has 0 unspecified atom stereocenters. The van der Waals surface area contributed by atoms with Crippen molar-refractivity contribution >= 4 is 11.8 Å². The summed E-state index contributed by atoms with van der Waals surface area (Å²) in [5.41, 5.74) is 7.49. The summed E-state index contributed by atoms with van der Waals surface area (Å²) in [4.78, 5) is 27.2. The number of primary amides is 1. The molecule has 4 rings (SSSR count). The van der Waals surface area contributed by atoms with E-state index in [0.29, 0.717) is 35.7 Å². The van der Waals surface area contributed by atoms with E-state index >= 15 is 0 Å². The maximum Gasteiger partial charge on any atom is 0.273 e. The molecule has 0 radical (unpaired) electrons. The topological polar surface area (TPSA) is 102 Å². The van der Waals surface area contributed by atoms with Gasteiger partial charge in [-0.3, -0.25) is 9.59 Å². The number of hydrogen-bond donors (Lipinski definition) is 2. The van der Waals surface area contributed by atoms with E-state index in [1.807, 2.05) is 17.0 Å². The minimum atomic E-state index is -0.610. The molecular weight excluding hydrogens is 346 g/mol. The molecule has 1 aromatic heterocycles. The van der Waals surface area contributed by atoms with Gasteiger partial charge in [0.1, 0.15) is 11.4 Å². The van der Waals surface area contributed by atoms with Gasteiger partial charge in [0.2, 0.25) is 0 Å². The lowest BCUT2D eigenvalue weighted by atomic mass is 9.97. The molecule has 142 valence electrons. The quantitative estimate of drug-likeness (QED) is 0.827. The van der Waals surface area contributed by atoms with Crippen molar-refractivity contribution in [1.29, 1.82) is 0 Å². The van der Waals surface area contributed by atoms with Crippen LogP contribution in [0.15, 0.2) is 24.3 Å². The number of carbonyl (C=O) groups is 2. The number of rotatable bonds is 4. The summed E-state index contributed by atoms with van der Waals surface area (Å²) in [5, 5.41) is 7.71. The van der Waals surface area contributed by atoms with Crippen molar-refractivity contribution in [2.45, 2.75) is 25.3 Å². The van der Waals surface area contributed by atoms with E-state index in [-0.39, 0.29) is 17.6 Å². The Morgan fingerprint density at radius 1 is 1.26 bits per heavy atom. The highest BCUT2D eigenvalue weighted by atomic mass is 16.5. The van der Waals surface area contributed by atoms with Crippen LogP contribution in [0, 0.1) is 0 Å². The van der Waals surface area contributed by atoms with Gasteiger partial charge in [-0.1, -0.05) is 0 Å². The van der Waals surface area contributed by atoms with Crippen LogP contribution in [-0.2, 0) is 6.42 Å². The van der Waals surface area contributed by atoms with Crippen molar-refractivity contribution < 1.29 is 14.3 Å². The fraction of sp³-hybridized carbons (Fsp3) is 0.421. The third kappa shape index (κ3) is 3.06. The van der Waals surface area contributed by atoms with E-state index in [1.165, 1.54) is 0 Å². The third-order valence-electron chi connectivity index (χ3n) is 5.35. The van der Waals surface area contributed by atoms with Crippen LogP contribution in [0.25, 0.3) is 5.69 Å². The Bertz CT molecular complexity index is 868. The number of amides is 2. The van der Waals surface area contributed by atoms with Gasteiger partial charge in [-0.2, -0.15) is 5.10 Å². The lowest BCUT2D eigenvalue weighted by Gasteiger charge is -2.37. The van der Waals surface area contributed by atoms with Crippen LogP contribution in [0.1, 0.15) is 39.4 Å². The van der Waals surface area contributed by atoms with E-state index in [1.54, 1.807) is 23.9 Å². The fourth-order valence-electron chi connectivity index (χ4n) is 3.95. The number of nitrogens with one attached hydrogen (secondary N) is 1. The van der Waals surface area contributed by atoms with Crippen LogP contribution in [0.3, 0.4) is 0 Å². The van der Waals surface area contributed by atoms with Gasteiger partial charge in [-0.25, -0.2) is 4.68 Å². The molecule has 8 heteroatoms. The Labute approximate surface area is 157 Å². The van der Waals surface area contributed by atoms with Crippen molar-refractivity contribution in [1.82, 2.24) is 20.0 Å². The van der Waals surface area contributed by atoms with Crippen molar-refractivity contribution in [3.63, 3.8) is 0 Å². The van der Waals surface area contributed by atoms with Crippen molar-refractivity contribution in [3.8, 4) is 11.4 Å². The van der Waals surface area contributed by atoms with E-state index in [9.17, 15) is 9.59 Å². The number of aromatic nitrogens is 2. The second kappa shape index (κ2) is 7.03. The molecule has 0 saturated carbocycles. The Hall–Kier alpha value is -2.87. The first-order valence-corrected chi connectivity index (χ1v) is 9.18. The zero-order valence-corrected chi connectivity index (χ0v) is 15.3. The summed E-state index contributed by atoms with van der Waals surface area (Å²) >= 11 is 0. The standard InChI is InChI=1S/C19H23N5O3/c1-27-14-4-2-13(3-5-14)24-17-15(16(22-24)18(20)25)8-11-23(19(17)26)12-6-9-21-10-7-12/h2-5,12,21H,6-11H2,1H3,(H2,20,25). The average molecular weight is 369 g/mol. The Morgan fingerprint density at radius 3 is 2.59 bits per heavy atom. The summed E-state index contributed by atoms with van der Waals surface area (Å²) in [6.45, 7) is 2.41. The predicted molar refractivity (Wildman–Crippen MR) is 99.3 cm³/mol. The molecule has 1 fully saturated rings. The monoisotopic (exact) mass is 369 g/mol. The molecule has 0 atom stereocenters. The zero-order valence-electron chi connectivity index (χ0n) is 15.3. The molecule has 27 heavy (non-hydrogen) atoms. The molecule has 3 heterocycles. The number of nitrogens with two attached hydrogens (primary N) is 1. The minimum absolute atomic E-state index is 0.0843. The van der Waals surface area contributed by atoms with Gasteiger partial charge in [0.25, 0.3) is 11.8 Å². The number of ether oxygens (including phenoxy) is 1. The van der Waals surface area contributed by atoms with E-state index in [0.717, 1.165) is 25.9 Å². The fourth-order valence-corrected chi connectivity index (χ4v) is 3.95. The molecule has 1 aromatic carbocycles. The lowest BCUT2D eigenvalue weighted by Crippen LogP contribution is -2.49. The van der Waals surface area contributed by atoms with Crippen molar-refractivity contribution in [2.75, 3.05) is 26.7 Å². The van der Waals surface area contributed by atoms with Gasteiger partial charge >= 0.3 is 0 Å². The highest BCUT2D eigenvalue weighted by Crippen LogP contribution is 2.28. The summed E-state index contributed by atoms with van der Waals surface area (Å²) in [5.74, 6) is 0.0122. The van der Waals surface area contributed by atoms with Crippen LogP contribution < -0.4 is 15.8 Å². The maximum atomic E-state index is 13.3. The number of benzene rings is 1. The number of nitrogens with zero attached hydrogens (tertiary/aromatic N) is 3. The molecule has 0 aliphatic carbocycles. The van der Waals surface area contributed by atoms with Crippen LogP contribution in [-0.4, -0.2) is 59.3 Å². The first-order valence-electron chi connectivity index (χ1n) is 9.18. The van der Waals surface area contributed by atoms with Crippen molar-refractivity contribution in [3.05, 3.63) is 41.2 Å². The number of hydrogen-bond acceptors (Lipinski definition) is 5. The molecule has 0 spiro atoms. The van der Waals surface area contributed by atoms with E-state index in [2.05, 4.69) is 10.4 Å². The summed E-state index contributed by atoms with van der Waals surface area (Å²) in [6.07, 6.45) is 2.44. The molecule has 2 amide bonds. The molecule has 3 N–H and O–H groups in total. The van der Waals surface area contributed by atoms with Crippen molar-refractivity contribution in [2.24, 2.45) is 5.73 Å². The number of carbonyl (C=O) groups excluding carboxylic acids is 2. The maximum absolute atomic E-state index is 13.3. The van der Waals surface area contributed by atoms with Crippen LogP contribution in [0.4, 0.5) is 0 Å². The van der Waals surface area contributed by atoms with Gasteiger partial charge in [0.15, 0.2) is 5.69 Å². The first kappa shape index (κ1) is 17.5. The number of fused-ring (bicyclic) bond motifs is 1.